The predicted molar refractivity (Wildman–Crippen MR) is 75.6 cm³/mol. The van der Waals surface area contributed by atoms with Gasteiger partial charge in [0, 0.05) is 6.20 Å². The van der Waals surface area contributed by atoms with Crippen molar-refractivity contribution in [3.05, 3.63) is 59.4 Å². The zero-order valence-corrected chi connectivity index (χ0v) is 11.2. The van der Waals surface area contributed by atoms with Crippen LogP contribution in [0.1, 0.15) is 35.3 Å². The van der Waals surface area contributed by atoms with Crippen molar-refractivity contribution >= 4 is 0 Å². The Morgan fingerprint density at radius 3 is 3.00 bits per heavy atom. The van der Waals surface area contributed by atoms with E-state index in [1.54, 1.807) is 12.4 Å². The van der Waals surface area contributed by atoms with E-state index in [1.165, 1.54) is 11.1 Å². The van der Waals surface area contributed by atoms with Crippen LogP contribution in [0.15, 0.2) is 42.7 Å². The van der Waals surface area contributed by atoms with Gasteiger partial charge in [-0.15, -0.1) is 0 Å². The molecule has 2 aromatic rings. The van der Waals surface area contributed by atoms with Crippen LogP contribution >= 0.6 is 0 Å². The second-order valence-electron chi connectivity index (χ2n) is 4.94. The summed E-state index contributed by atoms with van der Waals surface area (Å²) in [6, 6.07) is 10.4. The zero-order chi connectivity index (χ0) is 13.8. The average Bonchev–Trinajstić information content (AvgIpc) is 2.53. The number of fused-ring (bicyclic) bond motifs is 1. The minimum atomic E-state index is 0.00153. The highest BCUT2D eigenvalue weighted by atomic mass is 16.5. The predicted octanol–water partition coefficient (Wildman–Crippen LogP) is 1.69. The summed E-state index contributed by atoms with van der Waals surface area (Å²) in [4.78, 5) is 0. The maximum absolute atomic E-state index is 5.93. The number of nitrogens with zero attached hydrogens (tertiary/aromatic N) is 2. The van der Waals surface area contributed by atoms with Gasteiger partial charge in [0.2, 0.25) is 0 Å². The molecular weight excluding hydrogens is 252 g/mol. The molecule has 0 spiro atoms. The lowest BCUT2D eigenvalue weighted by Crippen LogP contribution is -2.31. The second-order valence-corrected chi connectivity index (χ2v) is 4.94. The Kier molecular flexibility index (Phi) is 4.01. The fourth-order valence-corrected chi connectivity index (χ4v) is 2.69. The highest BCUT2D eigenvalue weighted by Crippen LogP contribution is 2.33. The van der Waals surface area contributed by atoms with Crippen LogP contribution in [0.4, 0.5) is 0 Å². The standard InChI is InChI=1S/C15H18N4O/c16-19-14(12-5-7-17-18-10-12)9-15-13-4-2-1-3-11(13)6-8-20-15/h1-5,7,10,14-15,19H,6,8-9,16H2. The van der Waals surface area contributed by atoms with Gasteiger partial charge >= 0.3 is 0 Å². The minimum Gasteiger partial charge on any atom is -0.373 e. The number of nitrogens with one attached hydrogen (secondary N) is 1. The normalized spacial score (nSPS) is 19.4. The molecule has 1 aromatic heterocycles. The van der Waals surface area contributed by atoms with Crippen molar-refractivity contribution in [3.63, 3.8) is 0 Å². The van der Waals surface area contributed by atoms with Crippen LogP contribution in [0.2, 0.25) is 0 Å². The van der Waals surface area contributed by atoms with E-state index in [-0.39, 0.29) is 12.1 Å². The second kappa shape index (κ2) is 6.09. The van der Waals surface area contributed by atoms with Crippen molar-refractivity contribution in [1.29, 1.82) is 0 Å². The Labute approximate surface area is 118 Å². The van der Waals surface area contributed by atoms with Gasteiger partial charge in [-0.1, -0.05) is 24.3 Å². The van der Waals surface area contributed by atoms with Crippen molar-refractivity contribution in [3.8, 4) is 0 Å². The molecule has 1 aliphatic rings. The van der Waals surface area contributed by atoms with Crippen molar-refractivity contribution in [2.75, 3.05) is 6.61 Å². The first-order valence-electron chi connectivity index (χ1n) is 6.80. The molecular formula is C15H18N4O. The lowest BCUT2D eigenvalue weighted by molar-refractivity contribution is 0.0292. The van der Waals surface area contributed by atoms with Crippen LogP contribution in [0.25, 0.3) is 0 Å². The molecule has 2 heterocycles. The quantitative estimate of drug-likeness (QED) is 0.653. The SMILES string of the molecule is NNC(CC1OCCc2ccccc21)c1ccnnc1. The molecule has 5 nitrogen and oxygen atoms in total. The lowest BCUT2D eigenvalue weighted by atomic mass is 9.92. The van der Waals surface area contributed by atoms with Crippen LogP contribution in [-0.4, -0.2) is 16.8 Å². The molecule has 0 saturated carbocycles. The Morgan fingerprint density at radius 2 is 2.20 bits per heavy atom. The molecule has 1 aromatic carbocycles. The van der Waals surface area contributed by atoms with E-state index in [1.807, 2.05) is 6.07 Å². The third-order valence-electron chi connectivity index (χ3n) is 3.75. The van der Waals surface area contributed by atoms with Crippen LogP contribution in [0.5, 0.6) is 0 Å². The van der Waals surface area contributed by atoms with E-state index in [0.717, 1.165) is 25.0 Å². The third kappa shape index (κ3) is 2.70. The Balaban J connectivity index is 1.81. The van der Waals surface area contributed by atoms with Crippen molar-refractivity contribution < 1.29 is 4.74 Å². The molecule has 2 unspecified atom stereocenters. The van der Waals surface area contributed by atoms with E-state index < -0.39 is 0 Å². The highest BCUT2D eigenvalue weighted by Gasteiger charge is 2.24. The van der Waals surface area contributed by atoms with Crippen molar-refractivity contribution in [1.82, 2.24) is 15.6 Å². The summed E-state index contributed by atoms with van der Waals surface area (Å²) in [5.41, 5.74) is 6.50. The molecule has 0 radical (unpaired) electrons. The molecule has 104 valence electrons. The molecule has 0 bridgehead atoms. The molecule has 0 amide bonds. The lowest BCUT2D eigenvalue weighted by Gasteiger charge is -2.29. The van der Waals surface area contributed by atoms with Gasteiger partial charge < -0.3 is 4.74 Å². The number of hydrazine groups is 1. The molecule has 3 rings (SSSR count). The van der Waals surface area contributed by atoms with E-state index >= 15 is 0 Å². The van der Waals surface area contributed by atoms with E-state index in [4.69, 9.17) is 10.6 Å². The molecule has 0 fully saturated rings. The van der Waals surface area contributed by atoms with Crippen LogP contribution in [0, 0.1) is 0 Å². The summed E-state index contributed by atoms with van der Waals surface area (Å²) in [6.45, 7) is 0.758. The molecule has 0 aliphatic carbocycles. The molecule has 20 heavy (non-hydrogen) atoms. The van der Waals surface area contributed by atoms with Gasteiger partial charge in [-0.25, -0.2) is 0 Å². The fourth-order valence-electron chi connectivity index (χ4n) is 2.69. The summed E-state index contributed by atoms with van der Waals surface area (Å²) in [5, 5.41) is 7.70. The van der Waals surface area contributed by atoms with Gasteiger partial charge in [0.15, 0.2) is 0 Å². The third-order valence-corrected chi connectivity index (χ3v) is 3.75. The smallest absolute Gasteiger partial charge is 0.0846 e. The molecule has 5 heteroatoms. The Bertz CT molecular complexity index is 561. The summed E-state index contributed by atoms with van der Waals surface area (Å²) < 4.78 is 5.93. The van der Waals surface area contributed by atoms with Gasteiger partial charge in [0.05, 0.1) is 24.9 Å². The first-order chi connectivity index (χ1) is 9.88. The van der Waals surface area contributed by atoms with Crippen LogP contribution < -0.4 is 11.3 Å². The van der Waals surface area contributed by atoms with Gasteiger partial charge in [0.1, 0.15) is 0 Å². The van der Waals surface area contributed by atoms with Crippen molar-refractivity contribution in [2.45, 2.75) is 25.0 Å². The minimum absolute atomic E-state index is 0.00153. The average molecular weight is 270 g/mol. The number of hydrogen-bond acceptors (Lipinski definition) is 5. The zero-order valence-electron chi connectivity index (χ0n) is 11.2. The van der Waals surface area contributed by atoms with E-state index in [2.05, 4.69) is 39.9 Å². The summed E-state index contributed by atoms with van der Waals surface area (Å²) >= 11 is 0. The van der Waals surface area contributed by atoms with E-state index in [9.17, 15) is 0 Å². The number of ether oxygens (including phenoxy) is 1. The molecule has 1 aliphatic heterocycles. The van der Waals surface area contributed by atoms with Gasteiger partial charge in [-0.3, -0.25) is 11.3 Å². The summed E-state index contributed by atoms with van der Waals surface area (Å²) in [6.07, 6.45) is 5.23. The largest absolute Gasteiger partial charge is 0.373 e. The van der Waals surface area contributed by atoms with Crippen molar-refractivity contribution in [2.24, 2.45) is 5.84 Å². The molecule has 2 atom stereocenters. The number of hydrogen-bond donors (Lipinski definition) is 2. The van der Waals surface area contributed by atoms with Crippen LogP contribution in [-0.2, 0) is 11.2 Å². The van der Waals surface area contributed by atoms with Gasteiger partial charge in [-0.05, 0) is 35.6 Å². The Hall–Kier alpha value is -1.82. The van der Waals surface area contributed by atoms with Gasteiger partial charge in [-0.2, -0.15) is 10.2 Å². The number of benzene rings is 1. The number of nitrogens with two attached hydrogens (primary N) is 1. The first kappa shape index (κ1) is 13.2. The highest BCUT2D eigenvalue weighted by molar-refractivity contribution is 5.31. The maximum atomic E-state index is 5.93. The van der Waals surface area contributed by atoms with Crippen LogP contribution in [0.3, 0.4) is 0 Å². The number of aromatic nitrogens is 2. The maximum Gasteiger partial charge on any atom is 0.0846 e. The summed E-state index contributed by atoms with van der Waals surface area (Å²) in [5.74, 6) is 5.69. The van der Waals surface area contributed by atoms with E-state index in [0.29, 0.717) is 0 Å². The molecule has 0 saturated heterocycles. The molecule has 3 N–H and O–H groups in total. The first-order valence-corrected chi connectivity index (χ1v) is 6.80. The van der Waals surface area contributed by atoms with Gasteiger partial charge in [0.25, 0.3) is 0 Å². The topological polar surface area (TPSA) is 73.1 Å². The Morgan fingerprint density at radius 1 is 1.30 bits per heavy atom. The summed E-state index contributed by atoms with van der Waals surface area (Å²) in [7, 11) is 0. The fraction of sp³-hybridized carbons (Fsp3) is 0.333. The number of rotatable bonds is 4. The monoisotopic (exact) mass is 270 g/mol.